The summed E-state index contributed by atoms with van der Waals surface area (Å²) < 4.78 is 33.5. The molecule has 0 spiro atoms. The Kier molecular flexibility index (Phi) is 7.02. The smallest absolute Gasteiger partial charge is 0.251 e. The molecule has 0 saturated carbocycles. The molecule has 0 aliphatic carbocycles. The first-order valence-electron chi connectivity index (χ1n) is 10.5. The van der Waals surface area contributed by atoms with Crippen molar-refractivity contribution in [3.05, 3.63) is 94.5 Å². The molecule has 3 aromatic rings. The number of amides is 1. The van der Waals surface area contributed by atoms with Gasteiger partial charge in [-0.25, -0.2) is 8.78 Å². The fraction of sp³-hybridized carbons (Fsp3) is 0.240. The first-order chi connectivity index (χ1) is 15.5. The Labute approximate surface area is 190 Å². The zero-order valence-corrected chi connectivity index (χ0v) is 18.1. The third-order valence-corrected chi connectivity index (χ3v) is 5.86. The highest BCUT2D eigenvalue weighted by Crippen LogP contribution is 2.29. The lowest BCUT2D eigenvalue weighted by molar-refractivity contribution is 0.0908. The molecule has 7 heteroatoms. The first kappa shape index (κ1) is 22.2. The van der Waals surface area contributed by atoms with Crippen molar-refractivity contribution in [1.29, 1.82) is 0 Å². The molecule has 4 rings (SSSR count). The average molecular weight is 457 g/mol. The monoisotopic (exact) mass is 456 g/mol. The van der Waals surface area contributed by atoms with Crippen LogP contribution in [0.3, 0.4) is 0 Å². The maximum atomic E-state index is 13.9. The topological polar surface area (TPSA) is 41.6 Å². The number of benzene rings is 3. The minimum Gasteiger partial charge on any atom is -0.456 e. The van der Waals surface area contributed by atoms with Crippen molar-refractivity contribution in [3.63, 3.8) is 0 Å². The molecule has 1 N–H and O–H groups in total. The van der Waals surface area contributed by atoms with Crippen LogP contribution in [-0.2, 0) is 6.54 Å². The summed E-state index contributed by atoms with van der Waals surface area (Å²) in [7, 11) is 0. The maximum Gasteiger partial charge on any atom is 0.251 e. The molecule has 1 fully saturated rings. The summed E-state index contributed by atoms with van der Waals surface area (Å²) in [5, 5.41) is 3.56. The SMILES string of the molecule is O=C(NC1CCN(Cc2c(F)cccc2F)CC1)c1ccc(Oc2ccccc2Cl)cc1. The summed E-state index contributed by atoms with van der Waals surface area (Å²) >= 11 is 6.11. The van der Waals surface area contributed by atoms with Crippen molar-refractivity contribution in [2.75, 3.05) is 13.1 Å². The second-order valence-electron chi connectivity index (χ2n) is 7.78. The van der Waals surface area contributed by atoms with E-state index in [0.29, 0.717) is 35.2 Å². The summed E-state index contributed by atoms with van der Waals surface area (Å²) in [5.41, 5.74) is 0.626. The van der Waals surface area contributed by atoms with E-state index in [-0.39, 0.29) is 24.1 Å². The van der Waals surface area contributed by atoms with Crippen molar-refractivity contribution < 1.29 is 18.3 Å². The van der Waals surface area contributed by atoms with E-state index in [1.807, 2.05) is 17.0 Å². The molecule has 0 unspecified atom stereocenters. The van der Waals surface area contributed by atoms with Crippen LogP contribution in [0, 0.1) is 11.6 Å². The third-order valence-electron chi connectivity index (χ3n) is 5.55. The van der Waals surface area contributed by atoms with Gasteiger partial charge in [0, 0.05) is 36.8 Å². The van der Waals surface area contributed by atoms with Gasteiger partial charge < -0.3 is 10.1 Å². The van der Waals surface area contributed by atoms with Gasteiger partial charge in [0.2, 0.25) is 0 Å². The Hall–Kier alpha value is -2.96. The van der Waals surface area contributed by atoms with Crippen molar-refractivity contribution in [2.45, 2.75) is 25.4 Å². The van der Waals surface area contributed by atoms with Crippen LogP contribution in [0.25, 0.3) is 0 Å². The maximum absolute atomic E-state index is 13.9. The Morgan fingerprint density at radius 1 is 0.969 bits per heavy atom. The molecule has 0 aromatic heterocycles. The van der Waals surface area contributed by atoms with Crippen LogP contribution in [0.1, 0.15) is 28.8 Å². The summed E-state index contributed by atoms with van der Waals surface area (Å²) in [6.45, 7) is 1.54. The van der Waals surface area contributed by atoms with Gasteiger partial charge in [-0.2, -0.15) is 0 Å². The van der Waals surface area contributed by atoms with Gasteiger partial charge in [0.1, 0.15) is 23.1 Å². The van der Waals surface area contributed by atoms with E-state index < -0.39 is 11.6 Å². The molecule has 3 aromatic carbocycles. The van der Waals surface area contributed by atoms with Gasteiger partial charge in [-0.3, -0.25) is 9.69 Å². The van der Waals surface area contributed by atoms with Gasteiger partial charge in [0.15, 0.2) is 0 Å². The molecule has 0 radical (unpaired) electrons. The molecular formula is C25H23ClF2N2O2. The van der Waals surface area contributed by atoms with Crippen LogP contribution in [0.5, 0.6) is 11.5 Å². The quantitative estimate of drug-likeness (QED) is 0.509. The van der Waals surface area contributed by atoms with E-state index in [0.717, 1.165) is 12.8 Å². The summed E-state index contributed by atoms with van der Waals surface area (Å²) in [6.07, 6.45) is 1.44. The number of hydrogen-bond donors (Lipinski definition) is 1. The first-order valence-corrected chi connectivity index (χ1v) is 10.9. The molecule has 1 aliphatic rings. The predicted molar refractivity (Wildman–Crippen MR) is 120 cm³/mol. The van der Waals surface area contributed by atoms with E-state index in [1.54, 1.807) is 36.4 Å². The van der Waals surface area contributed by atoms with Crippen molar-refractivity contribution in [2.24, 2.45) is 0 Å². The van der Waals surface area contributed by atoms with Crippen LogP contribution < -0.4 is 10.1 Å². The molecule has 4 nitrogen and oxygen atoms in total. The van der Waals surface area contributed by atoms with Crippen LogP contribution in [0.2, 0.25) is 5.02 Å². The molecule has 0 atom stereocenters. The Bertz CT molecular complexity index is 1060. The number of carbonyl (C=O) groups is 1. The summed E-state index contributed by atoms with van der Waals surface area (Å²) in [5.74, 6) is -0.0746. The van der Waals surface area contributed by atoms with Crippen molar-refractivity contribution >= 4 is 17.5 Å². The fourth-order valence-corrected chi connectivity index (χ4v) is 3.91. The second kappa shape index (κ2) is 10.1. The molecule has 1 amide bonds. The minimum atomic E-state index is -0.526. The molecule has 0 bridgehead atoms. The summed E-state index contributed by atoms with van der Waals surface area (Å²) in [6, 6.07) is 18.0. The lowest BCUT2D eigenvalue weighted by atomic mass is 10.0. The third kappa shape index (κ3) is 5.44. The largest absolute Gasteiger partial charge is 0.456 e. The van der Waals surface area contributed by atoms with Gasteiger partial charge in [0.05, 0.1) is 5.02 Å². The van der Waals surface area contributed by atoms with Crippen LogP contribution in [0.15, 0.2) is 66.7 Å². The van der Waals surface area contributed by atoms with Crippen LogP contribution >= 0.6 is 11.6 Å². The number of rotatable bonds is 6. The summed E-state index contributed by atoms with van der Waals surface area (Å²) in [4.78, 5) is 14.6. The van der Waals surface area contributed by atoms with E-state index in [2.05, 4.69) is 5.32 Å². The van der Waals surface area contributed by atoms with E-state index in [9.17, 15) is 13.6 Å². The minimum absolute atomic E-state index is 0.0169. The number of para-hydroxylation sites is 1. The second-order valence-corrected chi connectivity index (χ2v) is 8.19. The molecule has 1 saturated heterocycles. The number of likely N-dealkylation sites (tertiary alicyclic amines) is 1. The van der Waals surface area contributed by atoms with Gasteiger partial charge in [-0.1, -0.05) is 29.8 Å². The number of ether oxygens (including phenoxy) is 1. The Morgan fingerprint density at radius 3 is 2.28 bits per heavy atom. The molecular weight excluding hydrogens is 434 g/mol. The van der Waals surface area contributed by atoms with Gasteiger partial charge in [-0.05, 0) is 61.4 Å². The number of nitrogens with zero attached hydrogens (tertiary/aromatic N) is 1. The van der Waals surface area contributed by atoms with Crippen molar-refractivity contribution in [3.8, 4) is 11.5 Å². The molecule has 32 heavy (non-hydrogen) atoms. The number of halogens is 3. The van der Waals surface area contributed by atoms with E-state index in [1.165, 1.54) is 18.2 Å². The molecule has 1 heterocycles. The number of nitrogens with one attached hydrogen (secondary N) is 1. The lowest BCUT2D eigenvalue weighted by Gasteiger charge is -2.32. The van der Waals surface area contributed by atoms with Gasteiger partial charge >= 0.3 is 0 Å². The van der Waals surface area contributed by atoms with Gasteiger partial charge in [-0.15, -0.1) is 0 Å². The number of carbonyl (C=O) groups excluding carboxylic acids is 1. The van der Waals surface area contributed by atoms with E-state index >= 15 is 0 Å². The molecule has 1 aliphatic heterocycles. The average Bonchev–Trinajstić information content (AvgIpc) is 2.79. The lowest BCUT2D eigenvalue weighted by Crippen LogP contribution is -2.44. The number of piperidine rings is 1. The predicted octanol–water partition coefficient (Wildman–Crippen LogP) is 5.80. The van der Waals surface area contributed by atoms with Crippen molar-refractivity contribution in [1.82, 2.24) is 10.2 Å². The number of hydrogen-bond acceptors (Lipinski definition) is 3. The molecule has 166 valence electrons. The normalized spacial score (nSPS) is 14.8. The zero-order valence-electron chi connectivity index (χ0n) is 17.4. The van der Waals surface area contributed by atoms with Gasteiger partial charge in [0.25, 0.3) is 5.91 Å². The highest BCUT2D eigenvalue weighted by Gasteiger charge is 2.23. The Morgan fingerprint density at radius 2 is 1.62 bits per heavy atom. The fourth-order valence-electron chi connectivity index (χ4n) is 3.74. The Balaban J connectivity index is 1.28. The van der Waals surface area contributed by atoms with Crippen LogP contribution in [0.4, 0.5) is 8.78 Å². The standard InChI is InChI=1S/C25H23ClF2N2O2/c26-21-4-1-2-7-24(21)32-19-10-8-17(9-11-19)25(31)29-18-12-14-30(15-13-18)16-20-22(27)5-3-6-23(20)28/h1-11,18H,12-16H2,(H,29,31). The highest BCUT2D eigenvalue weighted by atomic mass is 35.5. The van der Waals surface area contributed by atoms with E-state index in [4.69, 9.17) is 16.3 Å². The zero-order chi connectivity index (χ0) is 22.5. The van der Waals surface area contributed by atoms with Crippen LogP contribution in [-0.4, -0.2) is 29.9 Å². The highest BCUT2D eigenvalue weighted by molar-refractivity contribution is 6.32.